The van der Waals surface area contributed by atoms with E-state index >= 15 is 0 Å². The maximum absolute atomic E-state index is 3.63. The second-order valence-electron chi connectivity index (χ2n) is 5.98. The minimum atomic E-state index is 0.871. The second-order valence-corrected chi connectivity index (χ2v) is 7.10. The molecule has 0 saturated carbocycles. The lowest BCUT2D eigenvalue weighted by atomic mass is 9.95. The molecule has 0 unspecified atom stereocenters. The first kappa shape index (κ1) is 15.9. The van der Waals surface area contributed by atoms with Gasteiger partial charge in [-0.05, 0) is 62.0 Å². The third-order valence-electron chi connectivity index (χ3n) is 4.55. The predicted molar refractivity (Wildman–Crippen MR) is 112 cm³/mol. The van der Waals surface area contributed by atoms with Gasteiger partial charge < -0.3 is 0 Å². The van der Waals surface area contributed by atoms with Gasteiger partial charge in [-0.25, -0.2) is 0 Å². The van der Waals surface area contributed by atoms with E-state index < -0.39 is 0 Å². The van der Waals surface area contributed by atoms with Crippen LogP contribution in [-0.4, -0.2) is 0 Å². The predicted octanol–water partition coefficient (Wildman–Crippen LogP) is 7.45. The zero-order valence-electron chi connectivity index (χ0n) is 13.1. The van der Waals surface area contributed by atoms with Crippen molar-refractivity contribution in [2.75, 3.05) is 0 Å². The average molecular weight is 440 g/mol. The molecule has 4 rings (SSSR count). The summed E-state index contributed by atoms with van der Waals surface area (Å²) in [6, 6.07) is 26.4. The van der Waals surface area contributed by atoms with Crippen LogP contribution in [0.25, 0.3) is 32.7 Å². The Morgan fingerprint density at radius 2 is 1.17 bits per heavy atom. The van der Waals surface area contributed by atoms with Crippen molar-refractivity contribution in [3.8, 4) is 11.1 Å². The smallest absolute Gasteiger partial charge is 0.0289 e. The maximum Gasteiger partial charge on any atom is 0.0289 e. The number of alkyl halides is 2. The quantitative estimate of drug-likeness (QED) is 0.229. The number of benzene rings is 4. The third-order valence-corrected chi connectivity index (χ3v) is 5.76. The summed E-state index contributed by atoms with van der Waals surface area (Å²) in [6.45, 7) is 0. The van der Waals surface area contributed by atoms with Gasteiger partial charge in [-0.2, -0.15) is 0 Å². The molecule has 0 saturated heterocycles. The normalized spacial score (nSPS) is 11.2. The molecule has 0 spiro atoms. The van der Waals surface area contributed by atoms with E-state index in [1.165, 1.54) is 43.8 Å². The maximum atomic E-state index is 3.63. The molecule has 0 amide bonds. The van der Waals surface area contributed by atoms with Crippen LogP contribution < -0.4 is 0 Å². The lowest BCUT2D eigenvalue weighted by molar-refractivity contribution is 1.43. The summed E-state index contributed by atoms with van der Waals surface area (Å²) in [5, 5.41) is 6.99. The number of hydrogen-bond acceptors (Lipinski definition) is 0. The number of hydrogen-bond donors (Lipinski definition) is 0. The van der Waals surface area contributed by atoms with Gasteiger partial charge in [-0.15, -0.1) is 0 Å². The SMILES string of the molecule is BrCc1ccc(CBr)c2cc3cc(-c4ccccc4)ccc3cc12. The zero-order chi connectivity index (χ0) is 16.5. The molecule has 0 aromatic heterocycles. The third kappa shape index (κ3) is 2.78. The van der Waals surface area contributed by atoms with Crippen LogP contribution in [0.1, 0.15) is 11.1 Å². The molecule has 0 aliphatic rings. The van der Waals surface area contributed by atoms with Crippen LogP contribution in [0, 0.1) is 0 Å². The molecule has 0 atom stereocenters. The van der Waals surface area contributed by atoms with Crippen LogP contribution in [0.4, 0.5) is 0 Å². The van der Waals surface area contributed by atoms with Crippen molar-refractivity contribution in [3.05, 3.63) is 83.9 Å². The zero-order valence-corrected chi connectivity index (χ0v) is 16.3. The molecule has 0 aliphatic carbocycles. The van der Waals surface area contributed by atoms with E-state index in [0.717, 1.165) is 10.7 Å². The van der Waals surface area contributed by atoms with E-state index in [1.54, 1.807) is 0 Å². The minimum Gasteiger partial charge on any atom is -0.0876 e. The average Bonchev–Trinajstić information content (AvgIpc) is 2.65. The Kier molecular flexibility index (Phi) is 4.43. The molecular formula is C22H16Br2. The van der Waals surface area contributed by atoms with Crippen molar-refractivity contribution in [2.45, 2.75) is 10.7 Å². The van der Waals surface area contributed by atoms with Crippen molar-refractivity contribution in [2.24, 2.45) is 0 Å². The Labute approximate surface area is 158 Å². The fraction of sp³-hybridized carbons (Fsp3) is 0.0909. The summed E-state index contributed by atoms with van der Waals surface area (Å²) < 4.78 is 0. The molecule has 0 heterocycles. The summed E-state index contributed by atoms with van der Waals surface area (Å²) in [5.74, 6) is 0. The fourth-order valence-electron chi connectivity index (χ4n) is 3.25. The van der Waals surface area contributed by atoms with E-state index in [4.69, 9.17) is 0 Å². The lowest BCUT2D eigenvalue weighted by Crippen LogP contribution is -1.89. The topological polar surface area (TPSA) is 0 Å². The van der Waals surface area contributed by atoms with Gasteiger partial charge in [0.15, 0.2) is 0 Å². The molecule has 0 aliphatic heterocycles. The lowest BCUT2D eigenvalue weighted by Gasteiger charge is -2.11. The number of fused-ring (bicyclic) bond motifs is 2. The van der Waals surface area contributed by atoms with E-state index in [2.05, 4.69) is 105 Å². The van der Waals surface area contributed by atoms with E-state index in [-0.39, 0.29) is 0 Å². The molecule has 4 aromatic rings. The molecule has 0 nitrogen and oxygen atoms in total. The highest BCUT2D eigenvalue weighted by Gasteiger charge is 2.08. The second kappa shape index (κ2) is 6.70. The molecule has 24 heavy (non-hydrogen) atoms. The first-order chi connectivity index (χ1) is 11.8. The van der Waals surface area contributed by atoms with Gasteiger partial charge in [-0.3, -0.25) is 0 Å². The van der Waals surface area contributed by atoms with Crippen molar-refractivity contribution in [1.29, 1.82) is 0 Å². The van der Waals surface area contributed by atoms with Crippen molar-refractivity contribution in [3.63, 3.8) is 0 Å². The highest BCUT2D eigenvalue weighted by molar-refractivity contribution is 9.08. The van der Waals surface area contributed by atoms with Gasteiger partial charge in [0, 0.05) is 10.7 Å². The number of rotatable bonds is 3. The van der Waals surface area contributed by atoms with Gasteiger partial charge in [0.05, 0.1) is 0 Å². The molecule has 118 valence electrons. The highest BCUT2D eigenvalue weighted by atomic mass is 79.9. The highest BCUT2D eigenvalue weighted by Crippen LogP contribution is 2.32. The first-order valence-electron chi connectivity index (χ1n) is 7.96. The first-order valence-corrected chi connectivity index (χ1v) is 10.2. The van der Waals surface area contributed by atoms with Crippen LogP contribution in [0.2, 0.25) is 0 Å². The Morgan fingerprint density at radius 3 is 1.79 bits per heavy atom. The van der Waals surface area contributed by atoms with E-state index in [1.807, 2.05) is 0 Å². The van der Waals surface area contributed by atoms with Crippen LogP contribution in [0.5, 0.6) is 0 Å². The van der Waals surface area contributed by atoms with Crippen LogP contribution in [0.15, 0.2) is 72.8 Å². The molecule has 2 heteroatoms. The van der Waals surface area contributed by atoms with Gasteiger partial charge >= 0.3 is 0 Å². The summed E-state index contributed by atoms with van der Waals surface area (Å²) in [5.41, 5.74) is 5.19. The van der Waals surface area contributed by atoms with Gasteiger partial charge in [-0.1, -0.05) is 86.5 Å². The van der Waals surface area contributed by atoms with Gasteiger partial charge in [0.1, 0.15) is 0 Å². The Morgan fingerprint density at radius 1 is 0.542 bits per heavy atom. The van der Waals surface area contributed by atoms with Crippen molar-refractivity contribution >= 4 is 53.4 Å². The van der Waals surface area contributed by atoms with Gasteiger partial charge in [0.25, 0.3) is 0 Å². The molecule has 4 aromatic carbocycles. The van der Waals surface area contributed by atoms with Crippen molar-refractivity contribution < 1.29 is 0 Å². The monoisotopic (exact) mass is 438 g/mol. The number of halogens is 2. The minimum absolute atomic E-state index is 0.871. The van der Waals surface area contributed by atoms with Gasteiger partial charge in [0.2, 0.25) is 0 Å². The Bertz CT molecular complexity index is 1020. The largest absolute Gasteiger partial charge is 0.0876 e. The molecule has 0 N–H and O–H groups in total. The van der Waals surface area contributed by atoms with E-state index in [9.17, 15) is 0 Å². The summed E-state index contributed by atoms with van der Waals surface area (Å²) in [6.07, 6.45) is 0. The molecule has 0 bridgehead atoms. The van der Waals surface area contributed by atoms with Crippen LogP contribution in [-0.2, 0) is 10.7 Å². The standard InChI is InChI=1S/C22H16Br2/c23-13-18-8-9-19(14-24)22-12-20-10-16(15-4-2-1-3-5-15)6-7-17(20)11-21(18)22/h1-12H,13-14H2. The Balaban J connectivity index is 1.99. The molecular weight excluding hydrogens is 424 g/mol. The van der Waals surface area contributed by atoms with Crippen LogP contribution in [0.3, 0.4) is 0 Å². The summed E-state index contributed by atoms with van der Waals surface area (Å²) >= 11 is 7.25. The fourth-order valence-corrected chi connectivity index (χ4v) is 4.23. The Hall–Kier alpha value is -1.64. The van der Waals surface area contributed by atoms with Crippen molar-refractivity contribution in [1.82, 2.24) is 0 Å². The summed E-state index contributed by atoms with van der Waals surface area (Å²) in [7, 11) is 0. The van der Waals surface area contributed by atoms with E-state index in [0.29, 0.717) is 0 Å². The van der Waals surface area contributed by atoms with Crippen LogP contribution >= 0.6 is 31.9 Å². The molecule has 0 radical (unpaired) electrons. The summed E-state index contributed by atoms with van der Waals surface area (Å²) in [4.78, 5) is 0. The molecule has 0 fully saturated rings.